The molecule has 0 saturated heterocycles. The van der Waals surface area contributed by atoms with Gasteiger partial charge in [0.15, 0.2) is 0 Å². The van der Waals surface area contributed by atoms with Crippen LogP contribution in [0.2, 0.25) is 0 Å². The van der Waals surface area contributed by atoms with Gasteiger partial charge in [0, 0.05) is 6.04 Å². The van der Waals surface area contributed by atoms with E-state index < -0.39 is 0 Å². The van der Waals surface area contributed by atoms with Crippen LogP contribution < -0.4 is 0 Å². The maximum Gasteiger partial charge on any atom is 0.00951 e. The van der Waals surface area contributed by atoms with Gasteiger partial charge in [0.2, 0.25) is 0 Å². The molecule has 0 spiro atoms. The predicted octanol–water partition coefficient (Wildman–Crippen LogP) is 3.60. The highest BCUT2D eigenvalue weighted by atomic mass is 32.1. The summed E-state index contributed by atoms with van der Waals surface area (Å²) < 4.78 is 0. The van der Waals surface area contributed by atoms with Crippen molar-refractivity contribution in [2.45, 2.75) is 58.4 Å². The summed E-state index contributed by atoms with van der Waals surface area (Å²) in [5.74, 6) is 1.88. The number of nitrogens with zero attached hydrogens (tertiary/aromatic N) is 1. The normalized spacial score (nSPS) is 20.0. The molecule has 1 saturated carbocycles. The monoisotopic (exact) mass is 229 g/mol. The maximum atomic E-state index is 4.30. The zero-order valence-electron chi connectivity index (χ0n) is 10.4. The topological polar surface area (TPSA) is 3.24 Å². The summed E-state index contributed by atoms with van der Waals surface area (Å²) in [5.41, 5.74) is 0. The van der Waals surface area contributed by atoms with E-state index in [1.165, 1.54) is 51.6 Å². The second-order valence-electron chi connectivity index (χ2n) is 4.97. The number of rotatable bonds is 7. The molecule has 15 heavy (non-hydrogen) atoms. The van der Waals surface area contributed by atoms with Gasteiger partial charge in [0.1, 0.15) is 0 Å². The molecule has 0 aliphatic heterocycles. The molecule has 0 aromatic heterocycles. The Balaban J connectivity index is 2.20. The molecule has 1 aliphatic carbocycles. The van der Waals surface area contributed by atoms with Crippen molar-refractivity contribution in [3.8, 4) is 0 Å². The zero-order valence-corrected chi connectivity index (χ0v) is 11.3. The van der Waals surface area contributed by atoms with Gasteiger partial charge in [-0.05, 0) is 50.4 Å². The molecule has 1 nitrogen and oxygen atoms in total. The van der Waals surface area contributed by atoms with E-state index in [2.05, 4.69) is 31.4 Å². The van der Waals surface area contributed by atoms with E-state index in [0.29, 0.717) is 0 Å². The van der Waals surface area contributed by atoms with Crippen LogP contribution in [0.3, 0.4) is 0 Å². The van der Waals surface area contributed by atoms with Crippen LogP contribution in [0, 0.1) is 5.92 Å². The Hall–Kier alpha value is 0.310. The van der Waals surface area contributed by atoms with Crippen molar-refractivity contribution >= 4 is 12.6 Å². The van der Waals surface area contributed by atoms with E-state index in [9.17, 15) is 0 Å². The standard InChI is InChI=1S/C13H27NS/c1-3-14(13-6-4-5-7-13)10-8-12(2)9-11-15/h12-13,15H,3-11H2,1-2H3. The van der Waals surface area contributed by atoms with Gasteiger partial charge in [-0.2, -0.15) is 12.6 Å². The molecule has 1 unspecified atom stereocenters. The molecule has 0 aromatic rings. The largest absolute Gasteiger partial charge is 0.301 e. The van der Waals surface area contributed by atoms with Crippen LogP contribution in [0.15, 0.2) is 0 Å². The predicted molar refractivity (Wildman–Crippen MR) is 71.8 cm³/mol. The quantitative estimate of drug-likeness (QED) is 0.653. The first-order valence-corrected chi connectivity index (χ1v) is 7.26. The number of hydrogen-bond donors (Lipinski definition) is 1. The van der Waals surface area contributed by atoms with E-state index in [4.69, 9.17) is 0 Å². The Morgan fingerprint density at radius 2 is 1.93 bits per heavy atom. The Kier molecular flexibility index (Phi) is 6.74. The molecule has 0 heterocycles. The second-order valence-corrected chi connectivity index (χ2v) is 5.42. The van der Waals surface area contributed by atoms with Crippen molar-refractivity contribution in [3.63, 3.8) is 0 Å². The summed E-state index contributed by atoms with van der Waals surface area (Å²) in [5, 5.41) is 0. The Morgan fingerprint density at radius 1 is 1.27 bits per heavy atom. The Labute approximate surface area is 101 Å². The summed E-state index contributed by atoms with van der Waals surface area (Å²) in [6.45, 7) is 7.20. The molecule has 1 atom stereocenters. The van der Waals surface area contributed by atoms with E-state index in [-0.39, 0.29) is 0 Å². The Bertz CT molecular complexity index is 155. The fourth-order valence-corrected chi connectivity index (χ4v) is 3.06. The molecule has 0 N–H and O–H groups in total. The van der Waals surface area contributed by atoms with Gasteiger partial charge < -0.3 is 4.90 Å². The molecule has 1 fully saturated rings. The Morgan fingerprint density at radius 3 is 2.47 bits per heavy atom. The van der Waals surface area contributed by atoms with Gasteiger partial charge in [0.25, 0.3) is 0 Å². The van der Waals surface area contributed by atoms with E-state index >= 15 is 0 Å². The minimum atomic E-state index is 0.845. The fraction of sp³-hybridized carbons (Fsp3) is 1.00. The third-order valence-electron chi connectivity index (χ3n) is 3.78. The molecular weight excluding hydrogens is 202 g/mol. The van der Waals surface area contributed by atoms with Crippen molar-refractivity contribution in [1.82, 2.24) is 4.90 Å². The molecule has 0 aromatic carbocycles. The number of thiol groups is 1. The highest BCUT2D eigenvalue weighted by Gasteiger charge is 2.21. The summed E-state index contributed by atoms with van der Waals surface area (Å²) >= 11 is 4.30. The van der Waals surface area contributed by atoms with Crippen LogP contribution in [0.25, 0.3) is 0 Å². The lowest BCUT2D eigenvalue weighted by molar-refractivity contribution is 0.195. The highest BCUT2D eigenvalue weighted by Crippen LogP contribution is 2.24. The van der Waals surface area contributed by atoms with Gasteiger partial charge in [-0.25, -0.2) is 0 Å². The van der Waals surface area contributed by atoms with Crippen LogP contribution in [0.1, 0.15) is 52.4 Å². The first-order valence-electron chi connectivity index (χ1n) is 6.62. The maximum absolute atomic E-state index is 4.30. The van der Waals surface area contributed by atoms with Crippen molar-refractivity contribution in [1.29, 1.82) is 0 Å². The minimum absolute atomic E-state index is 0.845. The van der Waals surface area contributed by atoms with Gasteiger partial charge in [-0.15, -0.1) is 0 Å². The average Bonchev–Trinajstić information content (AvgIpc) is 2.72. The summed E-state index contributed by atoms with van der Waals surface area (Å²) in [7, 11) is 0. The zero-order chi connectivity index (χ0) is 11.1. The minimum Gasteiger partial charge on any atom is -0.301 e. The SMILES string of the molecule is CCN(CCC(C)CCS)C1CCCC1. The van der Waals surface area contributed by atoms with Gasteiger partial charge >= 0.3 is 0 Å². The third kappa shape index (κ3) is 4.78. The molecule has 0 bridgehead atoms. The molecule has 0 amide bonds. The van der Waals surface area contributed by atoms with E-state index in [1.54, 1.807) is 0 Å². The van der Waals surface area contributed by atoms with Crippen molar-refractivity contribution in [3.05, 3.63) is 0 Å². The van der Waals surface area contributed by atoms with Crippen LogP contribution in [0.5, 0.6) is 0 Å². The van der Waals surface area contributed by atoms with Gasteiger partial charge in [-0.3, -0.25) is 0 Å². The molecule has 1 rings (SSSR count). The van der Waals surface area contributed by atoms with Crippen molar-refractivity contribution in [2.75, 3.05) is 18.8 Å². The van der Waals surface area contributed by atoms with Gasteiger partial charge in [0.05, 0.1) is 0 Å². The first-order chi connectivity index (χ1) is 7.27. The summed E-state index contributed by atoms with van der Waals surface area (Å²) in [6.07, 6.45) is 8.40. The van der Waals surface area contributed by atoms with Crippen LogP contribution in [-0.4, -0.2) is 29.8 Å². The van der Waals surface area contributed by atoms with Crippen LogP contribution in [-0.2, 0) is 0 Å². The first kappa shape index (κ1) is 13.4. The summed E-state index contributed by atoms with van der Waals surface area (Å²) in [6, 6.07) is 0.901. The molecular formula is C13H27NS. The fourth-order valence-electron chi connectivity index (χ4n) is 2.62. The molecule has 1 aliphatic rings. The average molecular weight is 229 g/mol. The van der Waals surface area contributed by atoms with Crippen molar-refractivity contribution in [2.24, 2.45) is 5.92 Å². The van der Waals surface area contributed by atoms with Gasteiger partial charge in [-0.1, -0.05) is 26.7 Å². The lowest BCUT2D eigenvalue weighted by atomic mass is 10.0. The number of hydrogen-bond acceptors (Lipinski definition) is 2. The van der Waals surface area contributed by atoms with Crippen LogP contribution in [0.4, 0.5) is 0 Å². The van der Waals surface area contributed by atoms with E-state index in [1.807, 2.05) is 0 Å². The molecule has 0 radical (unpaired) electrons. The smallest absolute Gasteiger partial charge is 0.00951 e. The third-order valence-corrected chi connectivity index (χ3v) is 4.04. The highest BCUT2D eigenvalue weighted by molar-refractivity contribution is 7.80. The lowest BCUT2D eigenvalue weighted by Crippen LogP contribution is -2.34. The van der Waals surface area contributed by atoms with Crippen LogP contribution >= 0.6 is 12.6 Å². The summed E-state index contributed by atoms with van der Waals surface area (Å²) in [4.78, 5) is 2.70. The molecule has 2 heteroatoms. The lowest BCUT2D eigenvalue weighted by Gasteiger charge is -2.28. The molecule has 90 valence electrons. The van der Waals surface area contributed by atoms with E-state index in [0.717, 1.165) is 17.7 Å². The van der Waals surface area contributed by atoms with Crippen molar-refractivity contribution < 1.29 is 0 Å². The second kappa shape index (κ2) is 7.56.